The van der Waals surface area contributed by atoms with Crippen LogP contribution in [0.3, 0.4) is 0 Å². The van der Waals surface area contributed by atoms with E-state index >= 15 is 0 Å². The van der Waals surface area contributed by atoms with Gasteiger partial charge in [0.25, 0.3) is 0 Å². The Hall–Kier alpha value is 0.380. The Kier molecular flexibility index (Phi) is 4.18. The normalized spacial score (nSPS) is 15.8. The molecule has 0 amide bonds. The summed E-state index contributed by atoms with van der Waals surface area (Å²) in [6.45, 7) is 0. The second-order valence-corrected chi connectivity index (χ2v) is 4.70. The minimum absolute atomic E-state index is 0.177. The van der Waals surface area contributed by atoms with Gasteiger partial charge in [0.05, 0.1) is 0 Å². The van der Waals surface area contributed by atoms with Gasteiger partial charge in [0.2, 0.25) is 0 Å². The maximum atomic E-state index is 6.19. The standard InChI is InChI=1S/C9H8Cl4/c10-6-9(13,8(11)12)7-4-2-1-3-5-7/h1-5,8H,6H2. The Bertz CT molecular complexity index is 260. The van der Waals surface area contributed by atoms with Crippen LogP contribution < -0.4 is 0 Å². The third-order valence-electron chi connectivity index (χ3n) is 1.79. The molecule has 0 bridgehead atoms. The van der Waals surface area contributed by atoms with E-state index in [1.165, 1.54) is 0 Å². The SMILES string of the molecule is ClCC(Cl)(c1ccccc1)C(Cl)Cl. The number of rotatable bonds is 3. The largest absolute Gasteiger partial charge is 0.132 e. The summed E-state index contributed by atoms with van der Waals surface area (Å²) in [6, 6.07) is 9.34. The van der Waals surface area contributed by atoms with E-state index in [0.29, 0.717) is 0 Å². The van der Waals surface area contributed by atoms with Gasteiger partial charge in [-0.1, -0.05) is 30.3 Å². The quantitative estimate of drug-likeness (QED) is 0.714. The lowest BCUT2D eigenvalue weighted by molar-refractivity contribution is 0.745. The molecule has 0 spiro atoms. The Labute approximate surface area is 97.7 Å². The molecule has 72 valence electrons. The molecule has 0 aromatic heterocycles. The number of halogens is 4. The van der Waals surface area contributed by atoms with Gasteiger partial charge < -0.3 is 0 Å². The monoisotopic (exact) mass is 256 g/mol. The summed E-state index contributed by atoms with van der Waals surface area (Å²) >= 11 is 23.5. The van der Waals surface area contributed by atoms with Crippen molar-refractivity contribution in [2.24, 2.45) is 0 Å². The summed E-state index contributed by atoms with van der Waals surface area (Å²) in [5, 5.41) is 0. The maximum Gasteiger partial charge on any atom is 0.132 e. The lowest BCUT2D eigenvalue weighted by Gasteiger charge is -2.26. The predicted octanol–water partition coefficient (Wildman–Crippen LogP) is 4.16. The van der Waals surface area contributed by atoms with Gasteiger partial charge in [-0.2, -0.15) is 0 Å². The van der Waals surface area contributed by atoms with Crippen molar-refractivity contribution in [2.45, 2.75) is 9.71 Å². The van der Waals surface area contributed by atoms with E-state index in [4.69, 9.17) is 46.4 Å². The van der Waals surface area contributed by atoms with Crippen LogP contribution in [0.4, 0.5) is 0 Å². The van der Waals surface area contributed by atoms with Gasteiger partial charge in [-0.15, -0.1) is 46.4 Å². The third kappa shape index (κ3) is 2.44. The van der Waals surface area contributed by atoms with Gasteiger partial charge in [0.15, 0.2) is 0 Å². The van der Waals surface area contributed by atoms with E-state index in [1.54, 1.807) is 0 Å². The fraction of sp³-hybridized carbons (Fsp3) is 0.333. The number of hydrogen-bond acceptors (Lipinski definition) is 0. The van der Waals surface area contributed by atoms with Gasteiger partial charge in [-0.05, 0) is 5.56 Å². The Morgan fingerprint density at radius 3 is 2.08 bits per heavy atom. The zero-order valence-corrected chi connectivity index (χ0v) is 9.71. The molecule has 1 rings (SSSR count). The van der Waals surface area contributed by atoms with E-state index in [0.717, 1.165) is 5.56 Å². The first-order chi connectivity index (χ1) is 6.11. The first-order valence-corrected chi connectivity index (χ1v) is 5.48. The molecule has 4 heteroatoms. The van der Waals surface area contributed by atoms with Crippen molar-refractivity contribution in [1.82, 2.24) is 0 Å². The Balaban J connectivity index is 3.03. The molecule has 0 aliphatic rings. The molecular formula is C9H8Cl4. The molecule has 0 saturated carbocycles. The summed E-state index contributed by atoms with van der Waals surface area (Å²) in [5.74, 6) is 0.177. The molecule has 0 aliphatic carbocycles. The molecule has 0 aliphatic heterocycles. The van der Waals surface area contributed by atoms with Crippen LogP contribution in [0.2, 0.25) is 0 Å². The van der Waals surface area contributed by atoms with E-state index in [1.807, 2.05) is 30.3 Å². The predicted molar refractivity (Wildman–Crippen MR) is 60.2 cm³/mol. The molecule has 1 atom stereocenters. The molecule has 0 N–H and O–H groups in total. The van der Waals surface area contributed by atoms with Crippen molar-refractivity contribution in [3.05, 3.63) is 35.9 Å². The van der Waals surface area contributed by atoms with Crippen molar-refractivity contribution in [1.29, 1.82) is 0 Å². The average Bonchev–Trinajstić information content (AvgIpc) is 2.17. The van der Waals surface area contributed by atoms with Gasteiger partial charge in [0, 0.05) is 5.88 Å². The van der Waals surface area contributed by atoms with Crippen LogP contribution in [0.15, 0.2) is 30.3 Å². The molecule has 0 saturated heterocycles. The van der Waals surface area contributed by atoms with E-state index < -0.39 is 9.71 Å². The highest BCUT2D eigenvalue weighted by atomic mass is 35.5. The Morgan fingerprint density at radius 1 is 1.15 bits per heavy atom. The highest BCUT2D eigenvalue weighted by Gasteiger charge is 2.35. The maximum absolute atomic E-state index is 6.19. The first-order valence-electron chi connectivity index (χ1n) is 3.70. The third-order valence-corrected chi connectivity index (χ3v) is 3.89. The lowest BCUT2D eigenvalue weighted by atomic mass is 10.0. The fourth-order valence-corrected chi connectivity index (χ4v) is 1.98. The average molecular weight is 258 g/mol. The number of benzene rings is 1. The zero-order chi connectivity index (χ0) is 9.90. The first kappa shape index (κ1) is 11.5. The van der Waals surface area contributed by atoms with E-state index in [-0.39, 0.29) is 5.88 Å². The van der Waals surface area contributed by atoms with Gasteiger partial charge >= 0.3 is 0 Å². The molecule has 0 radical (unpaired) electrons. The summed E-state index contributed by atoms with van der Waals surface area (Å²) in [7, 11) is 0. The minimum Gasteiger partial charge on any atom is -0.124 e. The van der Waals surface area contributed by atoms with Crippen LogP contribution in [0.1, 0.15) is 5.56 Å². The lowest BCUT2D eigenvalue weighted by Crippen LogP contribution is -2.28. The summed E-state index contributed by atoms with van der Waals surface area (Å²) in [4.78, 5) is -1.62. The van der Waals surface area contributed by atoms with Crippen molar-refractivity contribution in [3.63, 3.8) is 0 Å². The molecule has 1 aromatic rings. The topological polar surface area (TPSA) is 0 Å². The van der Waals surface area contributed by atoms with Crippen LogP contribution in [-0.2, 0) is 4.87 Å². The number of hydrogen-bond donors (Lipinski definition) is 0. The molecule has 0 nitrogen and oxygen atoms in total. The molecule has 13 heavy (non-hydrogen) atoms. The van der Waals surface area contributed by atoms with Crippen molar-refractivity contribution >= 4 is 46.4 Å². The van der Waals surface area contributed by atoms with Gasteiger partial charge in [-0.3, -0.25) is 0 Å². The fourth-order valence-electron chi connectivity index (χ4n) is 0.977. The van der Waals surface area contributed by atoms with Gasteiger partial charge in [0.1, 0.15) is 9.71 Å². The smallest absolute Gasteiger partial charge is 0.124 e. The van der Waals surface area contributed by atoms with Crippen molar-refractivity contribution in [3.8, 4) is 0 Å². The highest BCUT2D eigenvalue weighted by molar-refractivity contribution is 6.50. The second kappa shape index (κ2) is 4.75. The van der Waals surface area contributed by atoms with Crippen LogP contribution in [0.25, 0.3) is 0 Å². The van der Waals surface area contributed by atoms with E-state index in [2.05, 4.69) is 0 Å². The molecule has 1 unspecified atom stereocenters. The minimum atomic E-state index is -0.897. The van der Waals surface area contributed by atoms with Crippen LogP contribution in [0.5, 0.6) is 0 Å². The van der Waals surface area contributed by atoms with Crippen molar-refractivity contribution in [2.75, 3.05) is 5.88 Å². The Morgan fingerprint density at radius 2 is 1.69 bits per heavy atom. The molecule has 0 fully saturated rings. The molecule has 1 aromatic carbocycles. The van der Waals surface area contributed by atoms with Crippen LogP contribution in [-0.4, -0.2) is 10.7 Å². The van der Waals surface area contributed by atoms with Crippen molar-refractivity contribution < 1.29 is 0 Å². The highest BCUT2D eigenvalue weighted by Crippen LogP contribution is 2.38. The molecular weight excluding hydrogens is 250 g/mol. The molecule has 0 heterocycles. The van der Waals surface area contributed by atoms with E-state index in [9.17, 15) is 0 Å². The summed E-state index contributed by atoms with van der Waals surface area (Å²) in [5.41, 5.74) is 0.835. The van der Waals surface area contributed by atoms with Crippen LogP contribution in [0, 0.1) is 0 Å². The summed E-state index contributed by atoms with van der Waals surface area (Å²) < 4.78 is 0. The van der Waals surface area contributed by atoms with Gasteiger partial charge in [-0.25, -0.2) is 0 Å². The number of alkyl halides is 4. The van der Waals surface area contributed by atoms with Crippen LogP contribution >= 0.6 is 46.4 Å². The summed E-state index contributed by atoms with van der Waals surface area (Å²) in [6.07, 6.45) is 0. The zero-order valence-electron chi connectivity index (χ0n) is 6.68. The second-order valence-electron chi connectivity index (χ2n) is 2.66.